The van der Waals surface area contributed by atoms with E-state index in [0.29, 0.717) is 19.3 Å². The standard InChI is InChI=1S/C39H52N8O6/c1-2-3-15-30(46-38(53)33(25-28-13-8-5-9-14-28)44-34(49)22-19-26-17-20-29(48)21-18-26)36(51)45-31(16-10-23-43-39(41)42)37(52)47-32(35(40)50)24-27-11-6-4-7-12-27/h4-9,11-14,17-18,20-21,30-33,48H,2-3,10,15-16,19,22-25H2,1H3,(H2,40,50)(H,44,49)(H,45,51)(H,46,53)(H,47,52)(H4,41,42,43)/t30-,31-,32-,33-/m0/s1. The zero-order chi connectivity index (χ0) is 38.6. The Kier molecular flexibility index (Phi) is 17.3. The number of nitrogens with two attached hydrogens (primary N) is 3. The van der Waals surface area contributed by atoms with Gasteiger partial charge in [-0.25, -0.2) is 0 Å². The maximum Gasteiger partial charge on any atom is 0.243 e. The summed E-state index contributed by atoms with van der Waals surface area (Å²) in [5, 5.41) is 20.7. The first-order chi connectivity index (χ1) is 25.4. The number of guanidine groups is 1. The Bertz CT molecular complexity index is 1650. The number of benzene rings is 3. The number of carbonyl (C=O) groups excluding carboxylic acids is 5. The SMILES string of the molecule is CCCC[C@H](NC(=O)[C@H](Cc1ccccc1)NC(=O)CCc1ccc(O)cc1)C(=O)N[C@@H](CCCN=C(N)N)C(=O)N[C@@H](Cc1ccccc1)C(N)=O. The molecule has 3 aromatic carbocycles. The van der Waals surface area contributed by atoms with Gasteiger partial charge in [0.1, 0.15) is 29.9 Å². The van der Waals surface area contributed by atoms with Gasteiger partial charge < -0.3 is 43.6 Å². The lowest BCUT2D eigenvalue weighted by molar-refractivity contribution is -0.134. The number of phenolic OH excluding ortho intramolecular Hbond substituents is 1. The van der Waals surface area contributed by atoms with Crippen molar-refractivity contribution >= 4 is 35.5 Å². The predicted octanol–water partition coefficient (Wildman–Crippen LogP) is 1.48. The van der Waals surface area contributed by atoms with Crippen LogP contribution in [-0.2, 0) is 43.2 Å². The van der Waals surface area contributed by atoms with Gasteiger partial charge in [-0.05, 0) is 54.5 Å². The number of aryl methyl sites for hydroxylation is 1. The molecular weight excluding hydrogens is 676 g/mol. The van der Waals surface area contributed by atoms with Crippen LogP contribution >= 0.6 is 0 Å². The summed E-state index contributed by atoms with van der Waals surface area (Å²) in [7, 11) is 0. The number of rotatable bonds is 22. The molecule has 0 saturated heterocycles. The van der Waals surface area contributed by atoms with E-state index < -0.39 is 47.8 Å². The second-order valence-electron chi connectivity index (χ2n) is 12.8. The van der Waals surface area contributed by atoms with Gasteiger partial charge in [0.2, 0.25) is 29.5 Å². The van der Waals surface area contributed by atoms with Gasteiger partial charge in [0.05, 0.1) is 0 Å². The van der Waals surface area contributed by atoms with Crippen LogP contribution < -0.4 is 38.5 Å². The molecule has 0 bridgehead atoms. The molecule has 0 fully saturated rings. The highest BCUT2D eigenvalue weighted by Gasteiger charge is 2.31. The van der Waals surface area contributed by atoms with E-state index in [2.05, 4.69) is 26.3 Å². The molecule has 0 aromatic heterocycles. The Morgan fingerprint density at radius 1 is 0.623 bits per heavy atom. The number of carbonyl (C=O) groups is 5. The summed E-state index contributed by atoms with van der Waals surface area (Å²) in [5.41, 5.74) is 19.0. The second kappa shape index (κ2) is 22.1. The van der Waals surface area contributed by atoms with Gasteiger partial charge in [0, 0.05) is 25.8 Å². The third-order valence-corrected chi connectivity index (χ3v) is 8.51. The number of unbranched alkanes of at least 4 members (excludes halogenated alkanes) is 1. The molecule has 3 rings (SSSR count). The number of phenols is 1. The van der Waals surface area contributed by atoms with Crippen molar-refractivity contribution in [2.45, 2.75) is 88.9 Å². The van der Waals surface area contributed by atoms with Gasteiger partial charge in [-0.2, -0.15) is 0 Å². The van der Waals surface area contributed by atoms with Gasteiger partial charge in [-0.15, -0.1) is 0 Å². The summed E-state index contributed by atoms with van der Waals surface area (Å²) < 4.78 is 0. The monoisotopic (exact) mass is 728 g/mol. The largest absolute Gasteiger partial charge is 0.508 e. The van der Waals surface area contributed by atoms with Gasteiger partial charge in [-0.3, -0.25) is 29.0 Å². The molecule has 0 aliphatic heterocycles. The molecule has 0 radical (unpaired) electrons. The maximum atomic E-state index is 13.9. The summed E-state index contributed by atoms with van der Waals surface area (Å²) in [6.45, 7) is 2.13. The van der Waals surface area contributed by atoms with Crippen molar-refractivity contribution in [3.05, 3.63) is 102 Å². The van der Waals surface area contributed by atoms with Crippen molar-refractivity contribution in [3.63, 3.8) is 0 Å². The molecule has 53 heavy (non-hydrogen) atoms. The summed E-state index contributed by atoms with van der Waals surface area (Å²) in [6.07, 6.45) is 2.82. The van der Waals surface area contributed by atoms with Crippen LogP contribution in [0.4, 0.5) is 0 Å². The highest BCUT2D eigenvalue weighted by molar-refractivity contribution is 5.95. The number of hydrogen-bond donors (Lipinski definition) is 8. The number of aromatic hydroxyl groups is 1. The van der Waals surface area contributed by atoms with Gasteiger partial charge in [-0.1, -0.05) is 92.6 Å². The molecule has 0 heterocycles. The van der Waals surface area contributed by atoms with E-state index >= 15 is 0 Å². The third kappa shape index (κ3) is 15.5. The molecule has 14 nitrogen and oxygen atoms in total. The molecule has 5 amide bonds. The Hall–Kier alpha value is -5.92. The zero-order valence-corrected chi connectivity index (χ0v) is 30.1. The second-order valence-corrected chi connectivity index (χ2v) is 12.8. The molecule has 0 unspecified atom stereocenters. The molecule has 284 valence electrons. The highest BCUT2D eigenvalue weighted by Crippen LogP contribution is 2.12. The lowest BCUT2D eigenvalue weighted by Gasteiger charge is -2.26. The molecule has 0 aliphatic rings. The van der Waals surface area contributed by atoms with Crippen LogP contribution in [0.25, 0.3) is 0 Å². The Morgan fingerprint density at radius 2 is 1.11 bits per heavy atom. The van der Waals surface area contributed by atoms with Gasteiger partial charge in [0.15, 0.2) is 5.96 Å². The van der Waals surface area contributed by atoms with Crippen LogP contribution in [0.5, 0.6) is 5.75 Å². The van der Waals surface area contributed by atoms with Gasteiger partial charge in [0.25, 0.3) is 0 Å². The van der Waals surface area contributed by atoms with Crippen LogP contribution in [0.3, 0.4) is 0 Å². The molecule has 3 aromatic rings. The summed E-state index contributed by atoms with van der Waals surface area (Å²) in [4.78, 5) is 70.8. The van der Waals surface area contributed by atoms with Crippen molar-refractivity contribution in [3.8, 4) is 5.75 Å². The first-order valence-corrected chi connectivity index (χ1v) is 17.9. The summed E-state index contributed by atoms with van der Waals surface area (Å²) >= 11 is 0. The van der Waals surface area contributed by atoms with E-state index in [-0.39, 0.29) is 56.3 Å². The fourth-order valence-electron chi connectivity index (χ4n) is 5.58. The predicted molar refractivity (Wildman–Crippen MR) is 203 cm³/mol. The van der Waals surface area contributed by atoms with E-state index in [1.807, 2.05) is 43.3 Å². The molecule has 0 aliphatic carbocycles. The van der Waals surface area contributed by atoms with Crippen molar-refractivity contribution in [1.29, 1.82) is 0 Å². The van der Waals surface area contributed by atoms with Crippen LogP contribution in [0.15, 0.2) is 89.9 Å². The number of hydrogen-bond acceptors (Lipinski definition) is 7. The van der Waals surface area contributed by atoms with Crippen LogP contribution in [0.2, 0.25) is 0 Å². The molecule has 14 heteroatoms. The first kappa shape index (κ1) is 41.5. The number of nitrogens with one attached hydrogen (secondary N) is 4. The first-order valence-electron chi connectivity index (χ1n) is 17.9. The Balaban J connectivity index is 1.78. The molecule has 11 N–H and O–H groups in total. The molecule has 0 saturated carbocycles. The molecule has 0 spiro atoms. The quantitative estimate of drug-likeness (QED) is 0.0427. The minimum Gasteiger partial charge on any atom is -0.508 e. The van der Waals surface area contributed by atoms with E-state index in [0.717, 1.165) is 23.1 Å². The Morgan fingerprint density at radius 3 is 1.62 bits per heavy atom. The van der Waals surface area contributed by atoms with Crippen LogP contribution in [0.1, 0.15) is 62.1 Å². The minimum absolute atomic E-state index is 0.0936. The number of amides is 5. The number of aliphatic imine (C=N–C) groups is 1. The van der Waals surface area contributed by atoms with E-state index in [4.69, 9.17) is 17.2 Å². The maximum absolute atomic E-state index is 13.9. The fraction of sp³-hybridized carbons (Fsp3) is 0.385. The summed E-state index contributed by atoms with van der Waals surface area (Å²) in [6, 6.07) is 20.5. The lowest BCUT2D eigenvalue weighted by atomic mass is 10.0. The third-order valence-electron chi connectivity index (χ3n) is 8.51. The number of nitrogens with zero attached hydrogens (tertiary/aromatic N) is 1. The van der Waals surface area contributed by atoms with E-state index in [1.54, 1.807) is 48.5 Å². The molecular formula is C39H52N8O6. The van der Waals surface area contributed by atoms with E-state index in [9.17, 15) is 29.1 Å². The normalized spacial score (nSPS) is 13.0. The van der Waals surface area contributed by atoms with Crippen molar-refractivity contribution in [2.24, 2.45) is 22.2 Å². The molecule has 4 atom stereocenters. The lowest BCUT2D eigenvalue weighted by Crippen LogP contribution is -2.58. The van der Waals surface area contributed by atoms with Crippen LogP contribution in [-0.4, -0.2) is 71.3 Å². The minimum atomic E-state index is -1.12. The average Bonchev–Trinajstić information content (AvgIpc) is 3.14. The zero-order valence-electron chi connectivity index (χ0n) is 30.1. The fourth-order valence-corrected chi connectivity index (χ4v) is 5.58. The van der Waals surface area contributed by atoms with E-state index in [1.165, 1.54) is 0 Å². The number of primary amides is 1. The topological polar surface area (TPSA) is 244 Å². The average molecular weight is 729 g/mol. The Labute approximate surface area is 310 Å². The van der Waals surface area contributed by atoms with Crippen molar-refractivity contribution in [2.75, 3.05) is 6.54 Å². The van der Waals surface area contributed by atoms with Crippen molar-refractivity contribution < 1.29 is 29.1 Å². The summed E-state index contributed by atoms with van der Waals surface area (Å²) in [5.74, 6) is -2.90. The highest BCUT2D eigenvalue weighted by atomic mass is 16.3. The smallest absolute Gasteiger partial charge is 0.243 e. The van der Waals surface area contributed by atoms with Gasteiger partial charge >= 0.3 is 0 Å². The van der Waals surface area contributed by atoms with Crippen LogP contribution in [0, 0.1) is 0 Å². The van der Waals surface area contributed by atoms with Crippen molar-refractivity contribution in [1.82, 2.24) is 21.3 Å².